The number of nitrogens with one attached hydrogen (secondary N) is 2. The Hall–Kier alpha value is -2.37. The molecule has 6 heteroatoms. The van der Waals surface area contributed by atoms with Crippen LogP contribution in [0.5, 0.6) is 0 Å². The molecule has 3 N–H and O–H groups in total. The smallest absolute Gasteiger partial charge is 0.307 e. The number of aliphatic carboxylic acids is 1. The lowest BCUT2D eigenvalue weighted by Gasteiger charge is -2.27. The first-order chi connectivity index (χ1) is 11.0. The molecular weight excluding hydrogens is 296 g/mol. The van der Waals surface area contributed by atoms with Gasteiger partial charge in [-0.25, -0.2) is 0 Å². The standard InChI is InChI=1S/C17H20N2O4/c20-15-8-6-10-5-7-11(9-14(10)19-15)18-16(21)12-3-1-2-4-13(12)17(22)23/h5,7,9,12-13H,1-4,6,8H2,(H,18,21)(H,19,20)(H,22,23)/t12-,13+/m1/s1. The molecule has 1 aromatic rings. The van der Waals surface area contributed by atoms with E-state index in [1.165, 1.54) is 0 Å². The molecule has 6 nitrogen and oxygen atoms in total. The molecule has 1 aliphatic heterocycles. The van der Waals surface area contributed by atoms with Gasteiger partial charge < -0.3 is 15.7 Å². The van der Waals surface area contributed by atoms with E-state index in [-0.39, 0.29) is 11.8 Å². The van der Waals surface area contributed by atoms with Gasteiger partial charge in [0.15, 0.2) is 0 Å². The maximum absolute atomic E-state index is 12.5. The van der Waals surface area contributed by atoms with Gasteiger partial charge in [0.05, 0.1) is 11.8 Å². The molecule has 23 heavy (non-hydrogen) atoms. The van der Waals surface area contributed by atoms with Crippen LogP contribution in [0.2, 0.25) is 0 Å². The van der Waals surface area contributed by atoms with E-state index in [2.05, 4.69) is 10.6 Å². The Labute approximate surface area is 134 Å². The van der Waals surface area contributed by atoms with Gasteiger partial charge in [-0.05, 0) is 37.0 Å². The largest absolute Gasteiger partial charge is 0.481 e. The van der Waals surface area contributed by atoms with Crippen LogP contribution < -0.4 is 10.6 Å². The van der Waals surface area contributed by atoms with Crippen molar-refractivity contribution in [2.45, 2.75) is 38.5 Å². The van der Waals surface area contributed by atoms with Crippen LogP contribution in [0.25, 0.3) is 0 Å². The van der Waals surface area contributed by atoms with Crippen LogP contribution >= 0.6 is 0 Å². The minimum Gasteiger partial charge on any atom is -0.481 e. The second-order valence-corrected chi connectivity index (χ2v) is 6.25. The molecule has 0 saturated heterocycles. The molecule has 0 aromatic heterocycles. The topological polar surface area (TPSA) is 95.5 Å². The van der Waals surface area contributed by atoms with E-state index in [9.17, 15) is 19.5 Å². The molecule has 1 fully saturated rings. The third-order valence-corrected chi connectivity index (χ3v) is 4.69. The summed E-state index contributed by atoms with van der Waals surface area (Å²) in [6.45, 7) is 0. The molecule has 1 aromatic carbocycles. The number of hydrogen-bond acceptors (Lipinski definition) is 3. The molecular formula is C17H20N2O4. The second-order valence-electron chi connectivity index (χ2n) is 6.25. The minimum atomic E-state index is -0.900. The number of hydrogen-bond donors (Lipinski definition) is 3. The van der Waals surface area contributed by atoms with Crippen molar-refractivity contribution in [1.29, 1.82) is 0 Å². The highest BCUT2D eigenvalue weighted by molar-refractivity contribution is 5.98. The van der Waals surface area contributed by atoms with Crippen molar-refractivity contribution in [3.05, 3.63) is 23.8 Å². The molecule has 1 heterocycles. The Morgan fingerprint density at radius 1 is 1.13 bits per heavy atom. The summed E-state index contributed by atoms with van der Waals surface area (Å²) in [5.74, 6) is -2.28. The van der Waals surface area contributed by atoms with E-state index in [0.29, 0.717) is 31.4 Å². The number of fused-ring (bicyclic) bond motifs is 1. The van der Waals surface area contributed by atoms with Gasteiger partial charge >= 0.3 is 5.97 Å². The van der Waals surface area contributed by atoms with Crippen molar-refractivity contribution >= 4 is 29.2 Å². The lowest BCUT2D eigenvalue weighted by atomic mass is 9.78. The quantitative estimate of drug-likeness (QED) is 0.798. The van der Waals surface area contributed by atoms with Gasteiger partial charge in [0.1, 0.15) is 0 Å². The van der Waals surface area contributed by atoms with E-state index in [4.69, 9.17) is 0 Å². The third kappa shape index (κ3) is 3.36. The van der Waals surface area contributed by atoms with E-state index in [0.717, 1.165) is 24.1 Å². The lowest BCUT2D eigenvalue weighted by Crippen LogP contribution is -2.36. The van der Waals surface area contributed by atoms with Crippen LogP contribution in [0.3, 0.4) is 0 Å². The summed E-state index contributed by atoms with van der Waals surface area (Å²) in [7, 11) is 0. The Kier molecular flexibility index (Phi) is 4.32. The molecule has 122 valence electrons. The van der Waals surface area contributed by atoms with Crippen LogP contribution in [-0.4, -0.2) is 22.9 Å². The van der Waals surface area contributed by atoms with Crippen LogP contribution in [0.15, 0.2) is 18.2 Å². The highest BCUT2D eigenvalue weighted by Crippen LogP contribution is 2.32. The number of amides is 2. The van der Waals surface area contributed by atoms with Gasteiger partial charge in [0.2, 0.25) is 11.8 Å². The average Bonchev–Trinajstić information content (AvgIpc) is 2.54. The van der Waals surface area contributed by atoms with E-state index in [1.54, 1.807) is 12.1 Å². The maximum Gasteiger partial charge on any atom is 0.307 e. The number of carbonyl (C=O) groups excluding carboxylic acids is 2. The van der Waals surface area contributed by atoms with E-state index < -0.39 is 17.8 Å². The van der Waals surface area contributed by atoms with Crippen molar-refractivity contribution in [2.75, 3.05) is 10.6 Å². The summed E-state index contributed by atoms with van der Waals surface area (Å²) < 4.78 is 0. The Morgan fingerprint density at radius 3 is 2.61 bits per heavy atom. The number of aryl methyl sites for hydroxylation is 1. The molecule has 0 spiro atoms. The Bertz CT molecular complexity index is 656. The number of benzene rings is 1. The van der Waals surface area contributed by atoms with Crippen molar-refractivity contribution in [1.82, 2.24) is 0 Å². The second kappa shape index (κ2) is 6.40. The summed E-state index contributed by atoms with van der Waals surface area (Å²) in [5.41, 5.74) is 2.35. The zero-order chi connectivity index (χ0) is 16.4. The monoisotopic (exact) mass is 316 g/mol. The molecule has 0 radical (unpaired) electrons. The van der Waals surface area contributed by atoms with Crippen molar-refractivity contribution in [3.63, 3.8) is 0 Å². The first-order valence-electron chi connectivity index (χ1n) is 8.01. The van der Waals surface area contributed by atoms with Crippen molar-refractivity contribution < 1.29 is 19.5 Å². The van der Waals surface area contributed by atoms with E-state index >= 15 is 0 Å². The maximum atomic E-state index is 12.5. The van der Waals surface area contributed by atoms with Gasteiger partial charge in [-0.15, -0.1) is 0 Å². The number of anilines is 2. The predicted octanol–water partition coefficient (Wildman–Crippen LogP) is 2.40. The lowest BCUT2D eigenvalue weighted by molar-refractivity contribution is -0.147. The Morgan fingerprint density at radius 2 is 1.87 bits per heavy atom. The van der Waals surface area contributed by atoms with Gasteiger partial charge in [0, 0.05) is 17.8 Å². The molecule has 1 saturated carbocycles. The molecule has 3 rings (SSSR count). The number of rotatable bonds is 3. The molecule has 2 aliphatic rings. The molecule has 0 bridgehead atoms. The fraction of sp³-hybridized carbons (Fsp3) is 0.471. The predicted molar refractivity (Wildman–Crippen MR) is 85.1 cm³/mol. The first kappa shape index (κ1) is 15.5. The third-order valence-electron chi connectivity index (χ3n) is 4.69. The van der Waals surface area contributed by atoms with Gasteiger partial charge in [0.25, 0.3) is 0 Å². The zero-order valence-corrected chi connectivity index (χ0v) is 12.8. The van der Waals surface area contributed by atoms with Crippen molar-refractivity contribution in [3.8, 4) is 0 Å². The number of carboxylic acids is 1. The summed E-state index contributed by atoms with van der Waals surface area (Å²) in [6, 6.07) is 5.43. The van der Waals surface area contributed by atoms with E-state index in [1.807, 2.05) is 6.07 Å². The van der Waals surface area contributed by atoms with Crippen molar-refractivity contribution in [2.24, 2.45) is 11.8 Å². The number of carbonyl (C=O) groups is 3. The SMILES string of the molecule is O=C1CCc2ccc(NC(=O)[C@@H]3CCCC[C@@H]3C(=O)O)cc2N1. The highest BCUT2D eigenvalue weighted by atomic mass is 16.4. The fourth-order valence-corrected chi connectivity index (χ4v) is 3.42. The van der Waals surface area contributed by atoms with Crippen LogP contribution in [0.4, 0.5) is 11.4 Å². The fourth-order valence-electron chi connectivity index (χ4n) is 3.42. The average molecular weight is 316 g/mol. The molecule has 0 unspecified atom stereocenters. The van der Waals surface area contributed by atoms with Gasteiger partial charge in [-0.2, -0.15) is 0 Å². The van der Waals surface area contributed by atoms with Crippen LogP contribution in [0.1, 0.15) is 37.7 Å². The molecule has 1 aliphatic carbocycles. The zero-order valence-electron chi connectivity index (χ0n) is 12.8. The normalized spacial score (nSPS) is 23.6. The minimum absolute atomic E-state index is 0.0285. The van der Waals surface area contributed by atoms with Gasteiger partial charge in [-0.3, -0.25) is 14.4 Å². The first-order valence-corrected chi connectivity index (χ1v) is 8.01. The summed E-state index contributed by atoms with van der Waals surface area (Å²) in [6.07, 6.45) is 4.05. The summed E-state index contributed by atoms with van der Waals surface area (Å²) in [4.78, 5) is 35.2. The Balaban J connectivity index is 1.73. The molecule has 2 atom stereocenters. The number of carboxylic acid groups (broad SMARTS) is 1. The van der Waals surface area contributed by atoms with Crippen LogP contribution in [-0.2, 0) is 20.8 Å². The summed E-state index contributed by atoms with van der Waals surface area (Å²) in [5, 5.41) is 14.9. The van der Waals surface area contributed by atoms with Crippen LogP contribution in [0, 0.1) is 11.8 Å². The summed E-state index contributed by atoms with van der Waals surface area (Å²) >= 11 is 0. The molecule has 2 amide bonds. The van der Waals surface area contributed by atoms with Gasteiger partial charge in [-0.1, -0.05) is 18.9 Å². The highest BCUT2D eigenvalue weighted by Gasteiger charge is 2.35.